The molecule has 0 aromatic carbocycles. The molecule has 2 atom stereocenters. The number of aliphatic hydroxyl groups is 2. The van der Waals surface area contributed by atoms with Crippen LogP contribution in [0.5, 0.6) is 0 Å². The monoisotopic (exact) mass is 202 g/mol. The van der Waals surface area contributed by atoms with Crippen LogP contribution in [-0.2, 0) is 4.74 Å². The first-order chi connectivity index (χ1) is 6.41. The molecule has 0 heterocycles. The Kier molecular flexibility index (Phi) is 6.00. The minimum absolute atomic E-state index is 0.208. The molecule has 0 aliphatic heterocycles. The summed E-state index contributed by atoms with van der Waals surface area (Å²) >= 11 is 0. The first-order valence-corrected chi connectivity index (χ1v) is 5.04. The maximum Gasteiger partial charge on any atom is 0.0801 e. The molecule has 2 unspecified atom stereocenters. The van der Waals surface area contributed by atoms with E-state index in [2.05, 4.69) is 6.58 Å². The van der Waals surface area contributed by atoms with Gasteiger partial charge < -0.3 is 14.9 Å². The van der Waals surface area contributed by atoms with Crippen molar-refractivity contribution in [2.45, 2.75) is 51.4 Å². The summed E-state index contributed by atoms with van der Waals surface area (Å²) in [7, 11) is 0. The second kappa shape index (κ2) is 6.17. The second-order valence-corrected chi connectivity index (χ2v) is 4.12. The molecule has 0 saturated heterocycles. The molecular weight excluding hydrogens is 180 g/mol. The molecule has 0 aromatic heterocycles. The maximum atomic E-state index is 9.48. The first-order valence-electron chi connectivity index (χ1n) is 5.04. The van der Waals surface area contributed by atoms with E-state index in [9.17, 15) is 10.2 Å². The number of rotatable bonds is 7. The highest BCUT2D eigenvalue weighted by Crippen LogP contribution is 2.14. The predicted octanol–water partition coefficient (Wildman–Crippen LogP) is 1.49. The van der Waals surface area contributed by atoms with E-state index < -0.39 is 12.2 Å². The fourth-order valence-electron chi connectivity index (χ4n) is 0.867. The molecule has 84 valence electrons. The second-order valence-electron chi connectivity index (χ2n) is 4.12. The van der Waals surface area contributed by atoms with Gasteiger partial charge in [-0.1, -0.05) is 13.0 Å². The lowest BCUT2D eigenvalue weighted by Gasteiger charge is -2.25. The third-order valence-corrected chi connectivity index (χ3v) is 2.30. The first kappa shape index (κ1) is 13.6. The van der Waals surface area contributed by atoms with Gasteiger partial charge in [-0.15, -0.1) is 6.58 Å². The molecule has 0 aliphatic rings. The van der Waals surface area contributed by atoms with Crippen LogP contribution in [0.1, 0.15) is 33.6 Å². The topological polar surface area (TPSA) is 49.7 Å². The van der Waals surface area contributed by atoms with Crippen LogP contribution in [0.25, 0.3) is 0 Å². The molecule has 0 aliphatic carbocycles. The van der Waals surface area contributed by atoms with Crippen LogP contribution in [-0.4, -0.2) is 34.6 Å². The van der Waals surface area contributed by atoms with Gasteiger partial charge in [-0.05, 0) is 20.3 Å². The van der Waals surface area contributed by atoms with Crippen molar-refractivity contribution in [1.29, 1.82) is 0 Å². The Morgan fingerprint density at radius 1 is 1.43 bits per heavy atom. The summed E-state index contributed by atoms with van der Waals surface area (Å²) < 4.78 is 5.49. The van der Waals surface area contributed by atoms with E-state index in [0.717, 1.165) is 6.42 Å². The van der Waals surface area contributed by atoms with Crippen LogP contribution in [0.2, 0.25) is 0 Å². The Balaban J connectivity index is 3.73. The third-order valence-electron chi connectivity index (χ3n) is 2.30. The van der Waals surface area contributed by atoms with Crippen LogP contribution in [0.15, 0.2) is 12.7 Å². The third kappa shape index (κ3) is 6.13. The normalized spacial score (nSPS) is 16.4. The Morgan fingerprint density at radius 2 is 2.00 bits per heavy atom. The van der Waals surface area contributed by atoms with E-state index in [1.54, 1.807) is 0 Å². The summed E-state index contributed by atoms with van der Waals surface area (Å²) in [6, 6.07) is 0. The highest BCUT2D eigenvalue weighted by Gasteiger charge is 2.18. The van der Waals surface area contributed by atoms with Gasteiger partial charge in [-0.2, -0.15) is 0 Å². The van der Waals surface area contributed by atoms with Crippen LogP contribution >= 0.6 is 0 Å². The van der Waals surface area contributed by atoms with Gasteiger partial charge >= 0.3 is 0 Å². The van der Waals surface area contributed by atoms with E-state index in [1.807, 2.05) is 20.8 Å². The number of aliphatic hydroxyl groups excluding tert-OH is 2. The van der Waals surface area contributed by atoms with Crippen LogP contribution in [0.4, 0.5) is 0 Å². The maximum absolute atomic E-state index is 9.48. The Labute approximate surface area is 86.4 Å². The van der Waals surface area contributed by atoms with Crippen LogP contribution in [0.3, 0.4) is 0 Å². The van der Waals surface area contributed by atoms with E-state index in [1.165, 1.54) is 6.08 Å². The number of hydrogen-bond donors (Lipinski definition) is 2. The van der Waals surface area contributed by atoms with E-state index in [4.69, 9.17) is 4.74 Å². The molecule has 2 N–H and O–H groups in total. The fourth-order valence-corrected chi connectivity index (χ4v) is 0.867. The Hall–Kier alpha value is -0.380. The molecule has 0 saturated carbocycles. The highest BCUT2D eigenvalue weighted by molar-refractivity contribution is 4.80. The standard InChI is InChI=1S/C11H22O3/c1-5-9(12)7-10(13)8-14-11(3,4)6-2/h5,9-10,12-13H,1,6-8H2,2-4H3. The van der Waals surface area contributed by atoms with Crippen molar-refractivity contribution in [1.82, 2.24) is 0 Å². The Morgan fingerprint density at radius 3 is 2.43 bits per heavy atom. The van der Waals surface area contributed by atoms with Crippen molar-refractivity contribution in [2.24, 2.45) is 0 Å². The summed E-state index contributed by atoms with van der Waals surface area (Å²) in [5.41, 5.74) is -0.208. The Bertz CT molecular complexity index is 166. The summed E-state index contributed by atoms with van der Waals surface area (Å²) in [6.07, 6.45) is 1.30. The zero-order chi connectivity index (χ0) is 11.2. The summed E-state index contributed by atoms with van der Waals surface area (Å²) in [6.45, 7) is 9.68. The molecule has 0 rings (SSSR count). The average Bonchev–Trinajstić information content (AvgIpc) is 2.15. The summed E-state index contributed by atoms with van der Waals surface area (Å²) in [5.74, 6) is 0. The van der Waals surface area contributed by atoms with Gasteiger partial charge in [0, 0.05) is 6.42 Å². The van der Waals surface area contributed by atoms with Crippen molar-refractivity contribution >= 4 is 0 Å². The minimum atomic E-state index is -0.654. The molecule has 0 bridgehead atoms. The van der Waals surface area contributed by atoms with Crippen molar-refractivity contribution in [3.63, 3.8) is 0 Å². The molecule has 0 spiro atoms. The molecular formula is C11H22O3. The lowest BCUT2D eigenvalue weighted by molar-refractivity contribution is -0.0679. The summed E-state index contributed by atoms with van der Waals surface area (Å²) in [5, 5.41) is 18.7. The van der Waals surface area contributed by atoms with Gasteiger partial charge in [0.1, 0.15) is 0 Å². The molecule has 3 heteroatoms. The fraction of sp³-hybridized carbons (Fsp3) is 0.818. The molecule has 0 radical (unpaired) electrons. The van der Waals surface area contributed by atoms with E-state index >= 15 is 0 Å². The number of hydrogen-bond acceptors (Lipinski definition) is 3. The van der Waals surface area contributed by atoms with Gasteiger partial charge in [-0.25, -0.2) is 0 Å². The molecule has 3 nitrogen and oxygen atoms in total. The number of ether oxygens (including phenoxy) is 1. The molecule has 14 heavy (non-hydrogen) atoms. The van der Waals surface area contributed by atoms with Crippen molar-refractivity contribution < 1.29 is 14.9 Å². The van der Waals surface area contributed by atoms with Crippen molar-refractivity contribution in [3.8, 4) is 0 Å². The molecule has 0 amide bonds. The van der Waals surface area contributed by atoms with Gasteiger partial charge in [-0.3, -0.25) is 0 Å². The van der Waals surface area contributed by atoms with E-state index in [-0.39, 0.29) is 18.6 Å². The van der Waals surface area contributed by atoms with Crippen molar-refractivity contribution in [2.75, 3.05) is 6.61 Å². The zero-order valence-electron chi connectivity index (χ0n) is 9.36. The largest absolute Gasteiger partial charge is 0.391 e. The quantitative estimate of drug-likeness (QED) is 0.615. The van der Waals surface area contributed by atoms with Gasteiger partial charge in [0.2, 0.25) is 0 Å². The summed E-state index contributed by atoms with van der Waals surface area (Å²) in [4.78, 5) is 0. The van der Waals surface area contributed by atoms with Gasteiger partial charge in [0.15, 0.2) is 0 Å². The lowest BCUT2D eigenvalue weighted by Crippen LogP contribution is -2.30. The van der Waals surface area contributed by atoms with E-state index in [0.29, 0.717) is 0 Å². The van der Waals surface area contributed by atoms with Crippen LogP contribution in [0, 0.1) is 0 Å². The zero-order valence-corrected chi connectivity index (χ0v) is 9.36. The highest BCUT2D eigenvalue weighted by atomic mass is 16.5. The predicted molar refractivity (Wildman–Crippen MR) is 57.1 cm³/mol. The average molecular weight is 202 g/mol. The smallest absolute Gasteiger partial charge is 0.0801 e. The molecule has 0 fully saturated rings. The minimum Gasteiger partial charge on any atom is -0.391 e. The van der Waals surface area contributed by atoms with Crippen molar-refractivity contribution in [3.05, 3.63) is 12.7 Å². The molecule has 0 aromatic rings. The van der Waals surface area contributed by atoms with Gasteiger partial charge in [0.25, 0.3) is 0 Å². The van der Waals surface area contributed by atoms with Crippen LogP contribution < -0.4 is 0 Å². The SMILES string of the molecule is C=CC(O)CC(O)COC(C)(C)CC. The lowest BCUT2D eigenvalue weighted by atomic mass is 10.1. The van der Waals surface area contributed by atoms with Gasteiger partial charge in [0.05, 0.1) is 24.4 Å².